The van der Waals surface area contributed by atoms with Crippen LogP contribution in [-0.2, 0) is 14.4 Å². The van der Waals surface area contributed by atoms with Crippen LogP contribution in [0.4, 0.5) is 0 Å². The molecule has 0 saturated carbocycles. The molecule has 0 aromatic rings. The summed E-state index contributed by atoms with van der Waals surface area (Å²) in [5.74, 6) is -0.413. The van der Waals surface area contributed by atoms with Gasteiger partial charge in [0, 0.05) is 13.3 Å². The van der Waals surface area contributed by atoms with Crippen molar-refractivity contribution in [3.8, 4) is 0 Å². The standard InChI is InChI=1S/C8H15NO6/c1-4(11)9-15-5-2-7(12)14-6(3-10)8(5)13/h5-8,10,12-13H,2-3H2,1H3,(H,9,11)/t5-,6+,7+,8+/m0/s1. The van der Waals surface area contributed by atoms with Gasteiger partial charge in [-0.3, -0.25) is 9.63 Å². The van der Waals surface area contributed by atoms with Crippen molar-refractivity contribution in [1.82, 2.24) is 5.48 Å². The average Bonchev–Trinajstić information content (AvgIpc) is 2.18. The number of hydroxylamine groups is 1. The lowest BCUT2D eigenvalue weighted by Crippen LogP contribution is -2.52. The number of aliphatic hydroxyl groups is 3. The molecular weight excluding hydrogens is 206 g/mol. The molecule has 0 aromatic heterocycles. The number of rotatable bonds is 3. The van der Waals surface area contributed by atoms with Crippen LogP contribution in [0.2, 0.25) is 0 Å². The summed E-state index contributed by atoms with van der Waals surface area (Å²) in [6.45, 7) is 0.823. The minimum atomic E-state index is -1.12. The molecule has 1 aliphatic heterocycles. The van der Waals surface area contributed by atoms with E-state index in [1.165, 1.54) is 6.92 Å². The largest absolute Gasteiger partial charge is 0.394 e. The Morgan fingerprint density at radius 1 is 1.60 bits per heavy atom. The molecule has 1 heterocycles. The van der Waals surface area contributed by atoms with Gasteiger partial charge in [0.25, 0.3) is 0 Å². The van der Waals surface area contributed by atoms with E-state index >= 15 is 0 Å². The minimum absolute atomic E-state index is 0.0257. The molecule has 7 nitrogen and oxygen atoms in total. The molecule has 1 amide bonds. The monoisotopic (exact) mass is 221 g/mol. The van der Waals surface area contributed by atoms with E-state index in [0.717, 1.165) is 0 Å². The second kappa shape index (κ2) is 5.38. The molecule has 1 rings (SSSR count). The van der Waals surface area contributed by atoms with Crippen LogP contribution in [0, 0.1) is 0 Å². The lowest BCUT2D eigenvalue weighted by atomic mass is 10.0. The zero-order valence-electron chi connectivity index (χ0n) is 8.29. The molecular formula is C8H15NO6. The third-order valence-electron chi connectivity index (χ3n) is 2.06. The van der Waals surface area contributed by atoms with E-state index in [4.69, 9.17) is 14.7 Å². The summed E-state index contributed by atoms with van der Waals surface area (Å²) in [5, 5.41) is 27.6. The first-order valence-corrected chi connectivity index (χ1v) is 4.59. The smallest absolute Gasteiger partial charge is 0.240 e. The van der Waals surface area contributed by atoms with Crippen LogP contribution in [0.25, 0.3) is 0 Å². The van der Waals surface area contributed by atoms with Gasteiger partial charge in [-0.25, -0.2) is 5.48 Å². The second-order valence-electron chi connectivity index (χ2n) is 3.35. The molecule has 88 valence electrons. The number of hydrogen-bond acceptors (Lipinski definition) is 6. The van der Waals surface area contributed by atoms with Crippen LogP contribution in [-0.4, -0.2) is 52.4 Å². The summed E-state index contributed by atoms with van der Waals surface area (Å²) in [6.07, 6.45) is -3.89. The minimum Gasteiger partial charge on any atom is -0.394 e. The van der Waals surface area contributed by atoms with Gasteiger partial charge in [0.15, 0.2) is 6.29 Å². The van der Waals surface area contributed by atoms with E-state index in [-0.39, 0.29) is 6.42 Å². The lowest BCUT2D eigenvalue weighted by molar-refractivity contribution is -0.256. The molecule has 1 saturated heterocycles. The molecule has 4 atom stereocenters. The Morgan fingerprint density at radius 2 is 2.27 bits per heavy atom. The van der Waals surface area contributed by atoms with Gasteiger partial charge in [-0.1, -0.05) is 0 Å². The third kappa shape index (κ3) is 3.40. The highest BCUT2D eigenvalue weighted by Crippen LogP contribution is 2.20. The summed E-state index contributed by atoms with van der Waals surface area (Å²) in [5.41, 5.74) is 2.06. The van der Waals surface area contributed by atoms with Gasteiger partial charge < -0.3 is 20.1 Å². The van der Waals surface area contributed by atoms with Crippen LogP contribution in [0.5, 0.6) is 0 Å². The molecule has 0 aliphatic carbocycles. The number of carbonyl (C=O) groups is 1. The Bertz CT molecular complexity index is 223. The zero-order valence-corrected chi connectivity index (χ0v) is 8.29. The predicted octanol–water partition coefficient (Wildman–Crippen LogP) is -2.12. The average molecular weight is 221 g/mol. The van der Waals surface area contributed by atoms with Crippen LogP contribution in [0.1, 0.15) is 13.3 Å². The highest BCUT2D eigenvalue weighted by atomic mass is 16.7. The van der Waals surface area contributed by atoms with E-state index in [1.807, 2.05) is 0 Å². The van der Waals surface area contributed by atoms with Crippen LogP contribution >= 0.6 is 0 Å². The summed E-state index contributed by atoms with van der Waals surface area (Å²) < 4.78 is 4.85. The molecule has 0 bridgehead atoms. The van der Waals surface area contributed by atoms with E-state index in [2.05, 4.69) is 5.48 Å². The Kier molecular flexibility index (Phi) is 4.43. The van der Waals surface area contributed by atoms with Crippen molar-refractivity contribution in [2.24, 2.45) is 0 Å². The van der Waals surface area contributed by atoms with Crippen molar-refractivity contribution in [2.45, 2.75) is 37.9 Å². The lowest BCUT2D eigenvalue weighted by Gasteiger charge is -2.35. The van der Waals surface area contributed by atoms with Crippen molar-refractivity contribution in [3.05, 3.63) is 0 Å². The van der Waals surface area contributed by atoms with E-state index < -0.39 is 37.1 Å². The molecule has 15 heavy (non-hydrogen) atoms. The van der Waals surface area contributed by atoms with Gasteiger partial charge in [-0.2, -0.15) is 0 Å². The van der Waals surface area contributed by atoms with Gasteiger partial charge in [0.1, 0.15) is 18.3 Å². The number of hydrogen-bond donors (Lipinski definition) is 4. The summed E-state index contributed by atoms with van der Waals surface area (Å²) in [6, 6.07) is 0. The fourth-order valence-electron chi connectivity index (χ4n) is 1.34. The van der Waals surface area contributed by atoms with Gasteiger partial charge in [-0.15, -0.1) is 0 Å². The molecule has 4 N–H and O–H groups in total. The van der Waals surface area contributed by atoms with Crippen LogP contribution in [0.15, 0.2) is 0 Å². The highest BCUT2D eigenvalue weighted by Gasteiger charge is 2.37. The van der Waals surface area contributed by atoms with Crippen molar-refractivity contribution in [3.63, 3.8) is 0 Å². The summed E-state index contributed by atoms with van der Waals surface area (Å²) in [7, 11) is 0. The molecule has 1 aliphatic rings. The Hall–Kier alpha value is -0.730. The predicted molar refractivity (Wildman–Crippen MR) is 47.3 cm³/mol. The van der Waals surface area contributed by atoms with Gasteiger partial charge in [-0.05, 0) is 0 Å². The molecule has 0 unspecified atom stereocenters. The first-order chi connectivity index (χ1) is 7.04. The zero-order chi connectivity index (χ0) is 11.4. The normalized spacial score (nSPS) is 36.3. The van der Waals surface area contributed by atoms with Crippen molar-refractivity contribution >= 4 is 5.91 Å². The number of ether oxygens (including phenoxy) is 1. The fraction of sp³-hybridized carbons (Fsp3) is 0.875. The summed E-state index contributed by atoms with van der Waals surface area (Å²) in [4.78, 5) is 15.4. The molecule has 0 radical (unpaired) electrons. The third-order valence-corrected chi connectivity index (χ3v) is 2.06. The number of aliphatic hydroxyl groups excluding tert-OH is 3. The summed E-state index contributed by atoms with van der Waals surface area (Å²) >= 11 is 0. The molecule has 7 heteroatoms. The fourth-order valence-corrected chi connectivity index (χ4v) is 1.34. The SMILES string of the molecule is CC(=O)NO[C@H]1C[C@H](O)O[C@H](CO)[C@@H]1O. The van der Waals surface area contributed by atoms with Crippen molar-refractivity contribution in [1.29, 1.82) is 0 Å². The molecule has 0 aromatic carbocycles. The quantitative estimate of drug-likeness (QED) is 0.406. The number of carbonyl (C=O) groups excluding carboxylic acids is 1. The van der Waals surface area contributed by atoms with E-state index in [9.17, 15) is 15.0 Å². The van der Waals surface area contributed by atoms with Crippen LogP contribution < -0.4 is 5.48 Å². The van der Waals surface area contributed by atoms with Gasteiger partial charge in [0.05, 0.1) is 6.61 Å². The van der Waals surface area contributed by atoms with Gasteiger partial charge in [0.2, 0.25) is 5.91 Å². The first-order valence-electron chi connectivity index (χ1n) is 4.59. The van der Waals surface area contributed by atoms with Crippen LogP contribution in [0.3, 0.4) is 0 Å². The van der Waals surface area contributed by atoms with Gasteiger partial charge >= 0.3 is 0 Å². The maximum atomic E-state index is 10.6. The molecule has 1 fully saturated rings. The maximum absolute atomic E-state index is 10.6. The number of amides is 1. The van der Waals surface area contributed by atoms with Crippen molar-refractivity contribution in [2.75, 3.05) is 6.61 Å². The molecule has 0 spiro atoms. The maximum Gasteiger partial charge on any atom is 0.240 e. The van der Waals surface area contributed by atoms with E-state index in [1.54, 1.807) is 0 Å². The van der Waals surface area contributed by atoms with Crippen molar-refractivity contribution < 1.29 is 29.7 Å². The highest BCUT2D eigenvalue weighted by molar-refractivity contribution is 5.71. The topological polar surface area (TPSA) is 108 Å². The number of nitrogens with one attached hydrogen (secondary N) is 1. The Balaban J connectivity index is 2.50. The first kappa shape index (κ1) is 12.3. The Labute approximate surface area is 86.6 Å². The Morgan fingerprint density at radius 3 is 2.80 bits per heavy atom. The van der Waals surface area contributed by atoms with E-state index in [0.29, 0.717) is 0 Å². The second-order valence-corrected chi connectivity index (χ2v) is 3.35.